The fourth-order valence-corrected chi connectivity index (χ4v) is 3.64. The maximum Gasteiger partial charge on any atom is 0.236 e. The molecule has 0 radical (unpaired) electrons. The molecule has 1 atom stereocenters. The van der Waals surface area contributed by atoms with Crippen LogP contribution in [0, 0.1) is 6.92 Å². The van der Waals surface area contributed by atoms with Crippen molar-refractivity contribution in [3.8, 4) is 0 Å². The maximum absolute atomic E-state index is 12.1. The van der Waals surface area contributed by atoms with Crippen LogP contribution in [0.2, 0.25) is 0 Å². The highest BCUT2D eigenvalue weighted by Crippen LogP contribution is 2.12. The van der Waals surface area contributed by atoms with Crippen LogP contribution in [0.5, 0.6) is 0 Å². The Kier molecular flexibility index (Phi) is 5.79. The van der Waals surface area contributed by atoms with Gasteiger partial charge in [-0.25, -0.2) is 8.42 Å². The zero-order chi connectivity index (χ0) is 16.9. The monoisotopic (exact) mass is 337 g/mol. The molecule has 1 aromatic heterocycles. The van der Waals surface area contributed by atoms with E-state index in [1.807, 2.05) is 38.1 Å². The third-order valence-corrected chi connectivity index (χ3v) is 5.02. The highest BCUT2D eigenvalue weighted by molar-refractivity contribution is 7.92. The van der Waals surface area contributed by atoms with Crippen molar-refractivity contribution in [2.24, 2.45) is 0 Å². The predicted molar refractivity (Wildman–Crippen MR) is 91.0 cm³/mol. The number of methoxy groups -OCH3 is 1. The second kappa shape index (κ2) is 7.61. The van der Waals surface area contributed by atoms with Gasteiger partial charge in [0.05, 0.1) is 18.4 Å². The number of sulfonamides is 1. The molecule has 0 amide bonds. The van der Waals surface area contributed by atoms with Crippen LogP contribution in [0.25, 0.3) is 0 Å². The lowest BCUT2D eigenvalue weighted by Crippen LogP contribution is -2.27. The van der Waals surface area contributed by atoms with Crippen molar-refractivity contribution < 1.29 is 13.2 Å². The fourth-order valence-electron chi connectivity index (χ4n) is 2.26. The Morgan fingerprint density at radius 1 is 1.30 bits per heavy atom. The molecule has 0 aliphatic carbocycles. The van der Waals surface area contributed by atoms with Gasteiger partial charge < -0.3 is 4.74 Å². The molecule has 7 heteroatoms. The Morgan fingerprint density at radius 3 is 2.70 bits per heavy atom. The van der Waals surface area contributed by atoms with E-state index in [0.717, 1.165) is 5.56 Å². The van der Waals surface area contributed by atoms with Crippen LogP contribution in [-0.4, -0.2) is 37.2 Å². The lowest BCUT2D eigenvalue weighted by molar-refractivity contribution is 0.117. The molecule has 2 aromatic rings. The third kappa shape index (κ3) is 5.07. The smallest absolute Gasteiger partial charge is 0.236 e. The molecule has 0 saturated carbocycles. The van der Waals surface area contributed by atoms with E-state index in [0.29, 0.717) is 18.8 Å². The first kappa shape index (κ1) is 17.5. The molecule has 1 unspecified atom stereocenters. The van der Waals surface area contributed by atoms with Crippen molar-refractivity contribution in [2.75, 3.05) is 17.6 Å². The number of nitrogens with one attached hydrogen (secondary N) is 1. The largest absolute Gasteiger partial charge is 0.380 e. The minimum Gasteiger partial charge on any atom is -0.380 e. The van der Waals surface area contributed by atoms with E-state index in [4.69, 9.17) is 4.74 Å². The van der Waals surface area contributed by atoms with E-state index >= 15 is 0 Å². The molecule has 2 rings (SSSR count). The molecule has 0 fully saturated rings. The Balaban J connectivity index is 2.03. The van der Waals surface area contributed by atoms with E-state index in [1.54, 1.807) is 16.9 Å². The predicted octanol–water partition coefficient (Wildman–Crippen LogP) is 2.41. The summed E-state index contributed by atoms with van der Waals surface area (Å²) in [6.07, 6.45) is 2.08. The van der Waals surface area contributed by atoms with Gasteiger partial charge in [0.2, 0.25) is 10.0 Å². The quantitative estimate of drug-likeness (QED) is 0.803. The average molecular weight is 337 g/mol. The first-order chi connectivity index (χ1) is 10.9. The van der Waals surface area contributed by atoms with Crippen LogP contribution in [0.1, 0.15) is 24.5 Å². The minimum absolute atomic E-state index is 0.0787. The summed E-state index contributed by atoms with van der Waals surface area (Å²) in [5.41, 5.74) is 2.33. The van der Waals surface area contributed by atoms with Gasteiger partial charge in [-0.05, 0) is 24.5 Å². The third-order valence-electron chi connectivity index (χ3n) is 3.69. The summed E-state index contributed by atoms with van der Waals surface area (Å²) in [5, 5.41) is 4.28. The molecular weight excluding hydrogens is 314 g/mol. The van der Waals surface area contributed by atoms with Gasteiger partial charge in [-0.15, -0.1) is 0 Å². The van der Waals surface area contributed by atoms with Gasteiger partial charge in [-0.2, -0.15) is 5.10 Å². The molecular formula is C16H23N3O3S. The molecule has 126 valence electrons. The van der Waals surface area contributed by atoms with Gasteiger partial charge in [-0.1, -0.05) is 31.2 Å². The molecule has 0 saturated heterocycles. The van der Waals surface area contributed by atoms with Crippen LogP contribution in [0.3, 0.4) is 0 Å². The summed E-state index contributed by atoms with van der Waals surface area (Å²) >= 11 is 0. The second-order valence-corrected chi connectivity index (χ2v) is 7.24. The first-order valence-corrected chi connectivity index (χ1v) is 9.20. The van der Waals surface area contributed by atoms with Crippen LogP contribution in [0.4, 0.5) is 5.82 Å². The topological polar surface area (TPSA) is 73.2 Å². The van der Waals surface area contributed by atoms with Crippen molar-refractivity contribution in [1.82, 2.24) is 9.78 Å². The number of nitrogens with zero attached hydrogens (tertiary/aromatic N) is 2. The molecule has 0 bridgehead atoms. The first-order valence-electron chi connectivity index (χ1n) is 7.54. The number of aryl methyl sites for hydroxylation is 1. The van der Waals surface area contributed by atoms with Crippen LogP contribution >= 0.6 is 0 Å². The highest BCUT2D eigenvalue weighted by Gasteiger charge is 2.18. The highest BCUT2D eigenvalue weighted by atomic mass is 32.2. The summed E-state index contributed by atoms with van der Waals surface area (Å²) < 4.78 is 33.6. The van der Waals surface area contributed by atoms with E-state index in [1.165, 1.54) is 12.7 Å². The van der Waals surface area contributed by atoms with Crippen molar-refractivity contribution in [3.05, 3.63) is 47.7 Å². The van der Waals surface area contributed by atoms with Crippen molar-refractivity contribution in [1.29, 1.82) is 0 Å². The van der Waals surface area contributed by atoms with Gasteiger partial charge in [0.25, 0.3) is 0 Å². The molecule has 1 heterocycles. The van der Waals surface area contributed by atoms with Gasteiger partial charge in [0.1, 0.15) is 0 Å². The number of benzene rings is 1. The summed E-state index contributed by atoms with van der Waals surface area (Å²) in [7, 11) is -1.96. The van der Waals surface area contributed by atoms with Crippen LogP contribution in [0.15, 0.2) is 36.5 Å². The number of ether oxygens (including phenoxy) is 1. The molecule has 1 aromatic carbocycles. The normalized spacial score (nSPS) is 13.0. The van der Waals surface area contributed by atoms with Gasteiger partial charge in [0.15, 0.2) is 5.82 Å². The molecule has 6 nitrogen and oxygen atoms in total. The summed E-state index contributed by atoms with van der Waals surface area (Å²) in [4.78, 5) is 0. The number of aromatic nitrogens is 2. The standard InChI is InChI=1S/C16H23N3O3S/c1-4-15(22-3)12-23(20,21)18-16-9-10-19(17-16)11-14-8-6-5-7-13(14)2/h5-10,15H,4,11-12H2,1-3H3,(H,17,18). The number of anilines is 1. The Bertz CT molecular complexity index is 737. The van der Waals surface area contributed by atoms with Gasteiger partial charge in [0, 0.05) is 19.4 Å². The van der Waals surface area contributed by atoms with Crippen LogP contribution in [-0.2, 0) is 21.3 Å². The molecule has 23 heavy (non-hydrogen) atoms. The van der Waals surface area contributed by atoms with Crippen molar-refractivity contribution in [2.45, 2.75) is 32.9 Å². The average Bonchev–Trinajstić information content (AvgIpc) is 2.93. The summed E-state index contributed by atoms with van der Waals surface area (Å²) in [6, 6.07) is 9.69. The van der Waals surface area contributed by atoms with Crippen molar-refractivity contribution >= 4 is 15.8 Å². The lowest BCUT2D eigenvalue weighted by atomic mass is 10.1. The van der Waals surface area contributed by atoms with E-state index in [9.17, 15) is 8.42 Å². The molecule has 0 aliphatic rings. The van der Waals surface area contributed by atoms with E-state index < -0.39 is 10.0 Å². The van der Waals surface area contributed by atoms with Crippen molar-refractivity contribution in [3.63, 3.8) is 0 Å². The molecule has 0 spiro atoms. The van der Waals surface area contributed by atoms with E-state index in [2.05, 4.69) is 9.82 Å². The number of rotatable bonds is 8. The van der Waals surface area contributed by atoms with Crippen LogP contribution < -0.4 is 4.72 Å². The van der Waals surface area contributed by atoms with E-state index in [-0.39, 0.29) is 11.9 Å². The van der Waals surface area contributed by atoms with Gasteiger partial charge in [-0.3, -0.25) is 9.40 Å². The summed E-state index contributed by atoms with van der Waals surface area (Å²) in [5.74, 6) is 0.245. The lowest BCUT2D eigenvalue weighted by Gasteiger charge is -2.13. The zero-order valence-electron chi connectivity index (χ0n) is 13.7. The maximum atomic E-state index is 12.1. The molecule has 0 aliphatic heterocycles. The Labute approximate surface area is 137 Å². The second-order valence-electron chi connectivity index (χ2n) is 5.47. The zero-order valence-corrected chi connectivity index (χ0v) is 14.5. The number of hydrogen-bond donors (Lipinski definition) is 1. The number of hydrogen-bond acceptors (Lipinski definition) is 4. The summed E-state index contributed by atoms with van der Waals surface area (Å²) in [6.45, 7) is 4.53. The SMILES string of the molecule is CCC(CS(=O)(=O)Nc1ccn(Cc2ccccc2C)n1)OC. The fraction of sp³-hybridized carbons (Fsp3) is 0.438. The minimum atomic E-state index is -3.48. The molecule has 1 N–H and O–H groups in total. The Hall–Kier alpha value is -1.86. The Morgan fingerprint density at radius 2 is 2.04 bits per heavy atom. The van der Waals surface area contributed by atoms with Gasteiger partial charge >= 0.3 is 0 Å².